The molecule has 1 aliphatic carbocycles. The van der Waals surface area contributed by atoms with Crippen molar-refractivity contribution in [3.63, 3.8) is 0 Å². The van der Waals surface area contributed by atoms with Gasteiger partial charge in [-0.05, 0) is 103 Å². The smallest absolute Gasteiger partial charge is 0.380 e. The fourth-order valence-corrected chi connectivity index (χ4v) is 13.6. The van der Waals surface area contributed by atoms with Crippen LogP contribution < -0.4 is 0 Å². The lowest BCUT2D eigenvalue weighted by Gasteiger charge is -2.26. The first-order valence-electron chi connectivity index (χ1n) is 20.3. The molecule has 2 nitrogen and oxygen atoms in total. The first kappa shape index (κ1) is 48.0. The number of halogens is 6. The second kappa shape index (κ2) is 16.8. The van der Waals surface area contributed by atoms with Gasteiger partial charge >= 0.3 is 17.8 Å². The fourth-order valence-electron chi connectivity index (χ4n) is 7.38. The largest absolute Gasteiger partial charge is 0.384 e. The van der Waals surface area contributed by atoms with E-state index in [2.05, 4.69) is 0 Å². The lowest BCUT2D eigenvalue weighted by molar-refractivity contribution is -0.259. The Hall–Kier alpha value is -2.43. The number of rotatable bonds is 14. The number of thiocarbonyl (C=S) groups is 1. The summed E-state index contributed by atoms with van der Waals surface area (Å²) in [6, 6.07) is 15.3. The maximum Gasteiger partial charge on any atom is 0.380 e. The average molecular weight is 955 g/mol. The number of aliphatic hydroxyl groups is 2. The molecule has 0 saturated heterocycles. The van der Waals surface area contributed by atoms with Crippen LogP contribution in [0.4, 0.5) is 26.3 Å². The van der Waals surface area contributed by atoms with E-state index in [9.17, 15) is 10.2 Å². The molecule has 0 aromatic carbocycles. The molecule has 1 aliphatic rings. The Labute approximate surface area is 380 Å². The van der Waals surface area contributed by atoms with E-state index in [-0.39, 0.29) is 20.6 Å². The van der Waals surface area contributed by atoms with Crippen molar-refractivity contribution in [2.75, 3.05) is 0 Å². The predicted octanol–water partition coefficient (Wildman–Crippen LogP) is 16.2. The van der Waals surface area contributed by atoms with Crippen molar-refractivity contribution in [1.82, 2.24) is 0 Å². The standard InChI is InChI=1S/C47H52F6O2S6/c1-11-43(54,12-2)36-19-15-27(57-36)23-26(24-29(56)30-16-20-34(58-30)41(5,6)7)38-39(46(50,51)47(52,53)45(38,48)49)28-25-33(31-17-21-35(59-31)42(8,9)10)61-40(28)32-18-22-37(60-32)44(55,13-3)14-4/h15-22,24-25,54-55H,11-14,23H2,1-10H3/b26-24+. The molecular weight excluding hydrogens is 903 g/mol. The van der Waals surface area contributed by atoms with Gasteiger partial charge in [-0.25, -0.2) is 0 Å². The van der Waals surface area contributed by atoms with Gasteiger partial charge in [-0.2, -0.15) is 26.3 Å². The van der Waals surface area contributed by atoms with E-state index < -0.39 is 57.7 Å². The van der Waals surface area contributed by atoms with Crippen LogP contribution >= 0.6 is 68.9 Å². The predicted molar refractivity (Wildman–Crippen MR) is 251 cm³/mol. The Kier molecular flexibility index (Phi) is 13.3. The van der Waals surface area contributed by atoms with Gasteiger partial charge in [0.05, 0.1) is 20.9 Å². The van der Waals surface area contributed by atoms with Crippen LogP contribution in [0.25, 0.3) is 25.1 Å². The number of alkyl halides is 6. The van der Waals surface area contributed by atoms with Gasteiger partial charge in [-0.3, -0.25) is 0 Å². The summed E-state index contributed by atoms with van der Waals surface area (Å²) in [5, 5.41) is 22.8. The average Bonchev–Trinajstić information content (AvgIpc) is 4.04. The molecule has 5 heterocycles. The fraction of sp³-hybridized carbons (Fsp3) is 0.468. The van der Waals surface area contributed by atoms with Crippen LogP contribution in [0.15, 0.2) is 71.8 Å². The van der Waals surface area contributed by atoms with Gasteiger partial charge in [-0.1, -0.05) is 81.5 Å². The monoisotopic (exact) mass is 954 g/mol. The summed E-state index contributed by atoms with van der Waals surface area (Å²) in [6.45, 7) is 19.4. The van der Waals surface area contributed by atoms with Crippen LogP contribution in [-0.4, -0.2) is 32.8 Å². The van der Waals surface area contributed by atoms with Gasteiger partial charge in [0.25, 0.3) is 0 Å². The molecule has 0 saturated carbocycles. The van der Waals surface area contributed by atoms with Gasteiger partial charge in [0.1, 0.15) is 0 Å². The van der Waals surface area contributed by atoms with Crippen molar-refractivity contribution >= 4 is 79.3 Å². The van der Waals surface area contributed by atoms with Crippen molar-refractivity contribution < 1.29 is 36.6 Å². The third-order valence-corrected chi connectivity index (χ3v) is 19.2. The maximum atomic E-state index is 16.9. The number of hydrogen-bond acceptors (Lipinski definition) is 8. The summed E-state index contributed by atoms with van der Waals surface area (Å²) < 4.78 is 100. The second-order valence-electron chi connectivity index (χ2n) is 17.8. The third-order valence-electron chi connectivity index (χ3n) is 11.6. The minimum absolute atomic E-state index is 0.0490. The normalized spacial score (nSPS) is 17.2. The molecule has 6 rings (SSSR count). The molecule has 2 N–H and O–H groups in total. The van der Waals surface area contributed by atoms with Crippen LogP contribution in [0.2, 0.25) is 0 Å². The van der Waals surface area contributed by atoms with Crippen LogP contribution in [0.5, 0.6) is 0 Å². The molecule has 14 heteroatoms. The minimum atomic E-state index is -5.81. The minimum Gasteiger partial charge on any atom is -0.384 e. The van der Waals surface area contributed by atoms with Gasteiger partial charge in [0.15, 0.2) is 0 Å². The van der Waals surface area contributed by atoms with Crippen LogP contribution in [-0.2, 0) is 28.5 Å². The SMILES string of the molecule is CCC(O)(CC)c1ccc(C/C(=C\C(=S)c2ccc(C(C)(C)C)s2)C2=C(c3cc(-c4ccc(C(C)(C)C)s4)sc3-c3ccc(C(O)(CC)CC)s3)C(F)(F)C(F)(F)C2(F)F)s1. The zero-order valence-electron chi connectivity index (χ0n) is 35.9. The Morgan fingerprint density at radius 3 is 1.64 bits per heavy atom. The molecule has 0 spiro atoms. The molecule has 330 valence electrons. The quantitative estimate of drug-likeness (QED) is 0.0504. The van der Waals surface area contributed by atoms with Crippen molar-refractivity contribution in [2.24, 2.45) is 0 Å². The summed E-state index contributed by atoms with van der Waals surface area (Å²) >= 11 is 11.9. The summed E-state index contributed by atoms with van der Waals surface area (Å²) in [6.07, 6.45) is 2.20. The lowest BCUT2D eigenvalue weighted by Crippen LogP contribution is -2.49. The molecule has 0 bridgehead atoms. The van der Waals surface area contributed by atoms with Gasteiger partial charge in [0, 0.05) is 67.0 Å². The van der Waals surface area contributed by atoms with Crippen molar-refractivity contribution in [1.29, 1.82) is 0 Å². The Bertz CT molecular complexity index is 2470. The van der Waals surface area contributed by atoms with Crippen molar-refractivity contribution in [2.45, 2.75) is 141 Å². The van der Waals surface area contributed by atoms with E-state index in [0.717, 1.165) is 43.8 Å². The molecule has 0 aliphatic heterocycles. The summed E-state index contributed by atoms with van der Waals surface area (Å²) in [5.41, 5.74) is -6.78. The Balaban J connectivity index is 1.68. The van der Waals surface area contributed by atoms with Crippen LogP contribution in [0.1, 0.15) is 130 Å². The maximum absolute atomic E-state index is 16.9. The number of thiophene rings is 5. The molecule has 0 radical (unpaired) electrons. The van der Waals surface area contributed by atoms with E-state index in [4.69, 9.17) is 12.2 Å². The highest BCUT2D eigenvalue weighted by Gasteiger charge is 2.80. The van der Waals surface area contributed by atoms with Gasteiger partial charge < -0.3 is 10.2 Å². The summed E-state index contributed by atoms with van der Waals surface area (Å²) in [5.74, 6) is -16.5. The highest BCUT2D eigenvalue weighted by atomic mass is 32.1. The number of hydrogen-bond donors (Lipinski definition) is 2. The second-order valence-corrected chi connectivity index (χ2v) is 23.7. The zero-order valence-corrected chi connectivity index (χ0v) is 40.8. The molecule has 0 amide bonds. The molecule has 0 unspecified atom stereocenters. The third kappa shape index (κ3) is 8.62. The van der Waals surface area contributed by atoms with Gasteiger partial charge in [-0.15, -0.1) is 56.7 Å². The van der Waals surface area contributed by atoms with Crippen LogP contribution in [0, 0.1) is 0 Å². The molecule has 5 aromatic heterocycles. The zero-order chi connectivity index (χ0) is 45.3. The highest BCUT2D eigenvalue weighted by molar-refractivity contribution is 7.81. The Morgan fingerprint density at radius 2 is 1.10 bits per heavy atom. The number of allylic oxidation sites excluding steroid dienone is 4. The molecular formula is C47H52F6O2S6. The van der Waals surface area contributed by atoms with Crippen molar-refractivity contribution in [3.8, 4) is 19.5 Å². The van der Waals surface area contributed by atoms with Crippen molar-refractivity contribution in [3.05, 3.63) is 107 Å². The lowest BCUT2D eigenvalue weighted by atomic mass is 9.91. The molecule has 5 aromatic rings. The summed E-state index contributed by atoms with van der Waals surface area (Å²) in [7, 11) is 0. The Morgan fingerprint density at radius 1 is 0.607 bits per heavy atom. The molecule has 0 atom stereocenters. The van der Waals surface area contributed by atoms with E-state index >= 15 is 26.3 Å². The van der Waals surface area contributed by atoms with E-state index in [1.165, 1.54) is 34.8 Å². The first-order valence-corrected chi connectivity index (χ1v) is 24.8. The molecule has 61 heavy (non-hydrogen) atoms. The highest BCUT2D eigenvalue weighted by Crippen LogP contribution is 2.66. The van der Waals surface area contributed by atoms with Gasteiger partial charge in [0.2, 0.25) is 0 Å². The van der Waals surface area contributed by atoms with E-state index in [1.54, 1.807) is 30.3 Å². The van der Waals surface area contributed by atoms with E-state index in [0.29, 0.717) is 59.8 Å². The van der Waals surface area contributed by atoms with E-state index in [1.807, 2.05) is 87.4 Å². The van der Waals surface area contributed by atoms with Crippen LogP contribution in [0.3, 0.4) is 0 Å². The first-order chi connectivity index (χ1) is 28.2. The topological polar surface area (TPSA) is 40.5 Å². The summed E-state index contributed by atoms with van der Waals surface area (Å²) in [4.78, 5) is 5.63. The molecule has 0 fully saturated rings.